The molecule has 0 unspecified atom stereocenters. The van der Waals surface area contributed by atoms with Crippen molar-refractivity contribution in [1.29, 1.82) is 0 Å². The summed E-state index contributed by atoms with van der Waals surface area (Å²) in [6.07, 6.45) is 1.50. The highest BCUT2D eigenvalue weighted by Gasteiger charge is 2.33. The second-order valence-electron chi connectivity index (χ2n) is 6.62. The molecule has 1 amide bonds. The molecule has 0 radical (unpaired) electrons. The Morgan fingerprint density at radius 1 is 1.04 bits per heavy atom. The lowest BCUT2D eigenvalue weighted by atomic mass is 10.1. The van der Waals surface area contributed by atoms with Crippen molar-refractivity contribution >= 4 is 21.8 Å². The molecule has 0 spiro atoms. The molecule has 0 N–H and O–H groups in total. The number of piperazine rings is 1. The third-order valence-corrected chi connectivity index (χ3v) is 6.18. The lowest BCUT2D eigenvalue weighted by Gasteiger charge is -2.34. The Labute approximate surface area is 165 Å². The fourth-order valence-corrected chi connectivity index (χ4v) is 3.96. The normalized spacial score (nSPS) is 19.7. The van der Waals surface area contributed by atoms with Crippen LogP contribution >= 0.6 is 0 Å². The Kier molecular flexibility index (Phi) is 5.61. The Bertz CT molecular complexity index is 933. The molecule has 1 fully saturated rings. The highest BCUT2D eigenvalue weighted by Crippen LogP contribution is 2.29. The van der Waals surface area contributed by atoms with E-state index in [0.29, 0.717) is 30.2 Å². The van der Waals surface area contributed by atoms with E-state index in [1.807, 2.05) is 7.05 Å². The van der Waals surface area contributed by atoms with E-state index in [1.165, 1.54) is 27.3 Å². The molecule has 0 aromatic heterocycles. The zero-order chi connectivity index (χ0) is 20.5. The van der Waals surface area contributed by atoms with Gasteiger partial charge in [0.05, 0.1) is 19.9 Å². The molecule has 152 valence electrons. The van der Waals surface area contributed by atoms with E-state index in [0.717, 1.165) is 17.4 Å². The second-order valence-corrected chi connectivity index (χ2v) is 8.24. The first-order valence-corrected chi connectivity index (χ1v) is 10.2. The van der Waals surface area contributed by atoms with Crippen LogP contribution in [0.25, 0.3) is 0 Å². The van der Waals surface area contributed by atoms with Crippen LogP contribution in [0.2, 0.25) is 0 Å². The molecule has 1 saturated heterocycles. The summed E-state index contributed by atoms with van der Waals surface area (Å²) in [4.78, 5) is 16.8. The van der Waals surface area contributed by atoms with E-state index in [2.05, 4.69) is 9.30 Å². The second kappa shape index (κ2) is 7.80. The Balaban J connectivity index is 1.99. The molecule has 2 heterocycles. The number of methoxy groups -OCH3 is 2. The van der Waals surface area contributed by atoms with Crippen LogP contribution in [-0.2, 0) is 15.0 Å². The molecule has 10 heteroatoms. The minimum Gasteiger partial charge on any atom is -0.493 e. The molecule has 28 heavy (non-hydrogen) atoms. The number of carbonyl (C=O) groups is 1. The summed E-state index contributed by atoms with van der Waals surface area (Å²) in [7, 11) is 2.32. The molecule has 2 aliphatic heterocycles. The van der Waals surface area contributed by atoms with E-state index < -0.39 is 10.2 Å². The first-order valence-electron chi connectivity index (χ1n) is 8.77. The minimum atomic E-state index is -4.01. The van der Waals surface area contributed by atoms with Gasteiger partial charge < -0.3 is 19.3 Å². The molecule has 0 atom stereocenters. The van der Waals surface area contributed by atoms with Gasteiger partial charge in [-0.15, -0.1) is 4.40 Å². The smallest absolute Gasteiger partial charge is 0.345 e. The van der Waals surface area contributed by atoms with E-state index >= 15 is 0 Å². The number of rotatable bonds is 4. The van der Waals surface area contributed by atoms with Crippen molar-refractivity contribution in [1.82, 2.24) is 14.1 Å². The first-order chi connectivity index (χ1) is 13.3. The van der Waals surface area contributed by atoms with Gasteiger partial charge in [-0.1, -0.05) is 0 Å². The maximum absolute atomic E-state index is 13.0. The van der Waals surface area contributed by atoms with Crippen molar-refractivity contribution in [3.05, 3.63) is 35.5 Å². The number of benzene rings is 1. The van der Waals surface area contributed by atoms with Gasteiger partial charge in [0.2, 0.25) is 0 Å². The first kappa shape index (κ1) is 20.2. The van der Waals surface area contributed by atoms with Gasteiger partial charge in [0.25, 0.3) is 5.91 Å². The number of nitrogens with zero attached hydrogens (tertiary/aromatic N) is 4. The number of allylic oxidation sites excluding steroid dienone is 1. The third kappa shape index (κ3) is 3.83. The quantitative estimate of drug-likeness (QED) is 0.714. The predicted octanol–water partition coefficient (Wildman–Crippen LogP) is 0.341. The van der Waals surface area contributed by atoms with E-state index in [4.69, 9.17) is 9.47 Å². The van der Waals surface area contributed by atoms with Crippen molar-refractivity contribution in [2.45, 2.75) is 0 Å². The van der Waals surface area contributed by atoms with Crippen LogP contribution in [0.3, 0.4) is 0 Å². The molecule has 1 aromatic rings. The zero-order valence-electron chi connectivity index (χ0n) is 16.4. The highest BCUT2D eigenvalue weighted by atomic mass is 32.2. The van der Waals surface area contributed by atoms with E-state index in [-0.39, 0.29) is 17.3 Å². The van der Waals surface area contributed by atoms with Gasteiger partial charge in [0.1, 0.15) is 5.70 Å². The van der Waals surface area contributed by atoms with Gasteiger partial charge in [0.15, 0.2) is 11.5 Å². The van der Waals surface area contributed by atoms with Crippen molar-refractivity contribution in [2.24, 2.45) is 4.40 Å². The van der Waals surface area contributed by atoms with Crippen LogP contribution in [0.1, 0.15) is 5.56 Å². The van der Waals surface area contributed by atoms with Gasteiger partial charge in [-0.25, -0.2) is 4.31 Å². The number of hydrogen-bond donors (Lipinski definition) is 0. The van der Waals surface area contributed by atoms with Crippen molar-refractivity contribution in [3.63, 3.8) is 0 Å². The number of carbonyl (C=O) groups excluding carboxylic acids is 1. The highest BCUT2D eigenvalue weighted by molar-refractivity contribution is 7.88. The number of amides is 1. The van der Waals surface area contributed by atoms with Crippen LogP contribution in [0.15, 0.2) is 34.4 Å². The van der Waals surface area contributed by atoms with Crippen molar-refractivity contribution in [3.8, 4) is 11.5 Å². The SMILES string of the molecule is COc1ccc(C2=NS(=O)(=O)N(C)C(C(=O)N3CCN(C)CC3)=C2)cc1OC. The molecule has 0 bridgehead atoms. The lowest BCUT2D eigenvalue weighted by Crippen LogP contribution is -2.49. The molecule has 2 aliphatic rings. The Morgan fingerprint density at radius 3 is 2.29 bits per heavy atom. The third-order valence-electron chi connectivity index (χ3n) is 4.86. The average molecular weight is 408 g/mol. The zero-order valence-corrected chi connectivity index (χ0v) is 17.2. The van der Waals surface area contributed by atoms with Gasteiger partial charge in [-0.3, -0.25) is 4.79 Å². The summed E-state index contributed by atoms with van der Waals surface area (Å²) in [6.45, 7) is 2.57. The fraction of sp³-hybridized carbons (Fsp3) is 0.444. The van der Waals surface area contributed by atoms with Crippen LogP contribution < -0.4 is 9.47 Å². The number of hydrogen-bond acceptors (Lipinski definition) is 6. The standard InChI is InChI=1S/C18H24N4O5S/c1-20-7-9-22(10-8-20)18(23)15-12-14(19-28(24,25)21(15)2)13-5-6-16(26-3)17(11-13)27-4/h5-6,11-12H,7-10H2,1-4H3. The average Bonchev–Trinajstić information content (AvgIpc) is 2.69. The largest absolute Gasteiger partial charge is 0.493 e. The van der Waals surface area contributed by atoms with E-state index in [9.17, 15) is 13.2 Å². The number of likely N-dealkylation sites (N-methyl/N-ethyl adjacent to an activating group) is 2. The van der Waals surface area contributed by atoms with Gasteiger partial charge in [0, 0.05) is 38.8 Å². The minimum absolute atomic E-state index is 0.0735. The molecule has 0 aliphatic carbocycles. The molecular weight excluding hydrogens is 384 g/mol. The topological polar surface area (TPSA) is 91.7 Å². The summed E-state index contributed by atoms with van der Waals surface area (Å²) in [5.41, 5.74) is 0.763. The molecular formula is C18H24N4O5S. The molecule has 0 saturated carbocycles. The van der Waals surface area contributed by atoms with Crippen LogP contribution in [0.4, 0.5) is 0 Å². The van der Waals surface area contributed by atoms with Gasteiger partial charge in [-0.05, 0) is 31.3 Å². The summed E-state index contributed by atoms with van der Waals surface area (Å²) in [5.74, 6) is 0.631. The molecule has 1 aromatic carbocycles. The fourth-order valence-electron chi connectivity index (χ4n) is 3.06. The van der Waals surface area contributed by atoms with Gasteiger partial charge >= 0.3 is 10.2 Å². The summed E-state index contributed by atoms with van der Waals surface area (Å²) < 4.78 is 40.4. The maximum Gasteiger partial charge on any atom is 0.345 e. The van der Waals surface area contributed by atoms with Crippen molar-refractivity contribution in [2.75, 3.05) is 54.5 Å². The van der Waals surface area contributed by atoms with Crippen molar-refractivity contribution < 1.29 is 22.7 Å². The summed E-state index contributed by atoms with van der Waals surface area (Å²) in [5, 5.41) is 0. The van der Waals surface area contributed by atoms with Crippen LogP contribution in [0, 0.1) is 0 Å². The number of ether oxygens (including phenoxy) is 2. The maximum atomic E-state index is 13.0. The Morgan fingerprint density at radius 2 is 1.68 bits per heavy atom. The van der Waals surface area contributed by atoms with Crippen LogP contribution in [-0.4, -0.2) is 88.6 Å². The molecule has 3 rings (SSSR count). The summed E-state index contributed by atoms with van der Waals surface area (Å²) in [6, 6.07) is 4.97. The lowest BCUT2D eigenvalue weighted by molar-refractivity contribution is -0.129. The molecule has 9 nitrogen and oxygen atoms in total. The van der Waals surface area contributed by atoms with Crippen LogP contribution in [0.5, 0.6) is 11.5 Å². The monoisotopic (exact) mass is 408 g/mol. The summed E-state index contributed by atoms with van der Waals surface area (Å²) >= 11 is 0. The predicted molar refractivity (Wildman–Crippen MR) is 105 cm³/mol. The van der Waals surface area contributed by atoms with E-state index in [1.54, 1.807) is 23.1 Å². The van der Waals surface area contributed by atoms with Gasteiger partial charge in [-0.2, -0.15) is 8.42 Å². The Hall–Kier alpha value is -2.59.